The van der Waals surface area contributed by atoms with Gasteiger partial charge in [0.05, 0.1) is 0 Å². The third-order valence-corrected chi connectivity index (χ3v) is 4.46. The molecular formula is C15H33NS. The van der Waals surface area contributed by atoms with Crippen LogP contribution in [0.25, 0.3) is 0 Å². The lowest BCUT2D eigenvalue weighted by Crippen LogP contribution is -2.23. The zero-order chi connectivity index (χ0) is 12.8. The molecule has 1 nitrogen and oxygen atoms in total. The minimum absolute atomic E-state index is 0.810. The molecule has 1 heterocycles. The molecule has 0 bridgehead atoms. The van der Waals surface area contributed by atoms with Gasteiger partial charge in [0.25, 0.3) is 0 Å². The molecule has 1 atom stereocenters. The Hall–Kier alpha value is 0.310. The van der Waals surface area contributed by atoms with E-state index in [-0.39, 0.29) is 0 Å². The van der Waals surface area contributed by atoms with Crippen molar-refractivity contribution >= 4 is 11.8 Å². The number of rotatable bonds is 8. The van der Waals surface area contributed by atoms with Crippen LogP contribution in [-0.2, 0) is 0 Å². The molecule has 2 heteroatoms. The van der Waals surface area contributed by atoms with Gasteiger partial charge >= 0.3 is 0 Å². The Morgan fingerprint density at radius 1 is 0.941 bits per heavy atom. The second-order valence-corrected chi connectivity index (χ2v) is 6.12. The van der Waals surface area contributed by atoms with Crippen molar-refractivity contribution in [3.8, 4) is 0 Å². The quantitative estimate of drug-likeness (QED) is 0.625. The molecule has 1 aliphatic rings. The molecule has 1 unspecified atom stereocenters. The average Bonchev–Trinajstić information content (AvgIpc) is 2.87. The van der Waals surface area contributed by atoms with Crippen LogP contribution in [0.1, 0.15) is 71.6 Å². The van der Waals surface area contributed by atoms with E-state index in [1.54, 1.807) is 0 Å². The normalized spacial score (nSPS) is 18.9. The molecule has 17 heavy (non-hydrogen) atoms. The van der Waals surface area contributed by atoms with Gasteiger partial charge in [0, 0.05) is 11.8 Å². The summed E-state index contributed by atoms with van der Waals surface area (Å²) in [6.07, 6.45) is 12.8. The molecule has 0 aromatic rings. The van der Waals surface area contributed by atoms with E-state index in [0.29, 0.717) is 0 Å². The minimum Gasteiger partial charge on any atom is -0.316 e. The van der Waals surface area contributed by atoms with Gasteiger partial charge in [0.1, 0.15) is 0 Å². The fourth-order valence-corrected chi connectivity index (χ4v) is 3.20. The Kier molecular flexibility index (Phi) is 14.6. The van der Waals surface area contributed by atoms with Crippen LogP contribution in [0.5, 0.6) is 0 Å². The molecule has 104 valence electrons. The number of nitrogens with one attached hydrogen (secondary N) is 1. The van der Waals surface area contributed by atoms with Crippen molar-refractivity contribution in [2.45, 2.75) is 77.7 Å². The highest BCUT2D eigenvalue weighted by Gasteiger charge is 2.11. The van der Waals surface area contributed by atoms with E-state index in [9.17, 15) is 0 Å². The lowest BCUT2D eigenvalue weighted by Gasteiger charge is -2.02. The first-order chi connectivity index (χ1) is 8.35. The summed E-state index contributed by atoms with van der Waals surface area (Å²) in [5.74, 6) is 2.67. The van der Waals surface area contributed by atoms with Crippen molar-refractivity contribution in [3.05, 3.63) is 0 Å². The molecule has 1 aliphatic heterocycles. The summed E-state index contributed by atoms with van der Waals surface area (Å²) in [7, 11) is 2.04. The smallest absolute Gasteiger partial charge is 0.0163 e. The Morgan fingerprint density at radius 2 is 1.47 bits per heavy atom. The van der Waals surface area contributed by atoms with Crippen LogP contribution in [0.3, 0.4) is 0 Å². The van der Waals surface area contributed by atoms with Crippen molar-refractivity contribution in [1.29, 1.82) is 0 Å². The number of thioether (sulfide) groups is 1. The summed E-state index contributed by atoms with van der Waals surface area (Å²) >= 11 is 2.04. The Balaban J connectivity index is 0.000000318. The van der Waals surface area contributed by atoms with Crippen LogP contribution in [0.15, 0.2) is 0 Å². The Bertz CT molecular complexity index is 125. The summed E-state index contributed by atoms with van der Waals surface area (Å²) < 4.78 is 0. The molecule has 0 spiro atoms. The molecular weight excluding hydrogens is 226 g/mol. The third-order valence-electron chi connectivity index (χ3n) is 3.30. The van der Waals surface area contributed by atoms with E-state index in [0.717, 1.165) is 6.04 Å². The van der Waals surface area contributed by atoms with Crippen molar-refractivity contribution in [2.75, 3.05) is 18.6 Å². The van der Waals surface area contributed by atoms with Gasteiger partial charge in [-0.2, -0.15) is 11.8 Å². The molecule has 0 aromatic heterocycles. The molecule has 0 aromatic carbocycles. The highest BCUT2D eigenvalue weighted by atomic mass is 32.2. The largest absolute Gasteiger partial charge is 0.316 e. The predicted molar refractivity (Wildman–Crippen MR) is 83.1 cm³/mol. The highest BCUT2D eigenvalue weighted by molar-refractivity contribution is 7.99. The summed E-state index contributed by atoms with van der Waals surface area (Å²) in [6.45, 7) is 4.54. The highest BCUT2D eigenvalue weighted by Crippen LogP contribution is 2.15. The first kappa shape index (κ1) is 17.3. The van der Waals surface area contributed by atoms with Crippen LogP contribution in [-0.4, -0.2) is 24.6 Å². The number of hydrogen-bond donors (Lipinski definition) is 1. The van der Waals surface area contributed by atoms with Crippen molar-refractivity contribution in [2.24, 2.45) is 0 Å². The average molecular weight is 260 g/mol. The van der Waals surface area contributed by atoms with E-state index < -0.39 is 0 Å². The second-order valence-electron chi connectivity index (χ2n) is 4.97. The number of hydrogen-bond acceptors (Lipinski definition) is 2. The fraction of sp³-hybridized carbons (Fsp3) is 1.00. The topological polar surface area (TPSA) is 12.0 Å². The lowest BCUT2D eigenvalue weighted by molar-refractivity contribution is 0.585. The van der Waals surface area contributed by atoms with E-state index in [2.05, 4.69) is 19.2 Å². The van der Waals surface area contributed by atoms with Crippen LogP contribution >= 0.6 is 11.8 Å². The van der Waals surface area contributed by atoms with Crippen LogP contribution < -0.4 is 5.32 Å². The summed E-state index contributed by atoms with van der Waals surface area (Å²) in [5, 5.41) is 3.24. The molecule has 1 fully saturated rings. The van der Waals surface area contributed by atoms with Gasteiger partial charge in [0.2, 0.25) is 0 Å². The molecule has 1 saturated heterocycles. The van der Waals surface area contributed by atoms with E-state index in [1.807, 2.05) is 18.8 Å². The zero-order valence-electron chi connectivity index (χ0n) is 12.3. The number of unbranched alkanes of at least 4 members (excludes halogenated alkanes) is 7. The SMILES string of the molecule is CCCCCCCCCC.CNC1CCSC1. The van der Waals surface area contributed by atoms with Gasteiger partial charge in [-0.1, -0.05) is 65.2 Å². The van der Waals surface area contributed by atoms with Gasteiger partial charge in [-0.15, -0.1) is 0 Å². The summed E-state index contributed by atoms with van der Waals surface area (Å²) in [4.78, 5) is 0. The third kappa shape index (κ3) is 12.6. The van der Waals surface area contributed by atoms with Gasteiger partial charge < -0.3 is 5.32 Å². The standard InChI is InChI=1S/C10H22.C5H11NS/c1-3-5-7-9-10-8-6-4-2;1-6-5-2-3-7-4-5/h3-10H2,1-2H3;5-6H,2-4H2,1H3. The summed E-state index contributed by atoms with van der Waals surface area (Å²) in [5.41, 5.74) is 0. The molecule has 1 rings (SSSR count). The molecule has 0 amide bonds. The minimum atomic E-state index is 0.810. The Morgan fingerprint density at radius 3 is 1.76 bits per heavy atom. The van der Waals surface area contributed by atoms with Gasteiger partial charge in [-0.05, 0) is 19.2 Å². The van der Waals surface area contributed by atoms with Gasteiger partial charge in [0.15, 0.2) is 0 Å². The molecule has 1 N–H and O–H groups in total. The zero-order valence-corrected chi connectivity index (χ0v) is 13.1. The summed E-state index contributed by atoms with van der Waals surface area (Å²) in [6, 6.07) is 0.810. The van der Waals surface area contributed by atoms with Gasteiger partial charge in [-0.3, -0.25) is 0 Å². The fourth-order valence-electron chi connectivity index (χ4n) is 1.97. The second kappa shape index (κ2) is 14.4. The van der Waals surface area contributed by atoms with Crippen LogP contribution in [0, 0.1) is 0 Å². The van der Waals surface area contributed by atoms with Crippen LogP contribution in [0.4, 0.5) is 0 Å². The van der Waals surface area contributed by atoms with Gasteiger partial charge in [-0.25, -0.2) is 0 Å². The first-order valence-corrected chi connectivity index (χ1v) is 8.75. The Labute approximate surface area is 114 Å². The first-order valence-electron chi connectivity index (χ1n) is 7.60. The molecule has 0 radical (unpaired) electrons. The lowest BCUT2D eigenvalue weighted by atomic mass is 10.1. The van der Waals surface area contributed by atoms with Crippen molar-refractivity contribution in [1.82, 2.24) is 5.32 Å². The molecule has 0 saturated carbocycles. The van der Waals surface area contributed by atoms with Crippen molar-refractivity contribution < 1.29 is 0 Å². The monoisotopic (exact) mass is 259 g/mol. The maximum absolute atomic E-state index is 3.24. The van der Waals surface area contributed by atoms with E-state index in [1.165, 1.54) is 69.3 Å². The van der Waals surface area contributed by atoms with Crippen molar-refractivity contribution in [3.63, 3.8) is 0 Å². The predicted octanol–water partition coefficient (Wildman–Crippen LogP) is 4.86. The maximum atomic E-state index is 3.24. The maximum Gasteiger partial charge on any atom is 0.0163 e. The van der Waals surface area contributed by atoms with Crippen LogP contribution in [0.2, 0.25) is 0 Å². The van der Waals surface area contributed by atoms with E-state index >= 15 is 0 Å². The molecule has 0 aliphatic carbocycles. The van der Waals surface area contributed by atoms with E-state index in [4.69, 9.17) is 0 Å².